The van der Waals surface area contributed by atoms with Crippen molar-refractivity contribution in [2.24, 2.45) is 0 Å². The second-order valence-electron chi connectivity index (χ2n) is 3.22. The SMILES string of the molecule is CCOC(OCC)(OCC)c1ccccc1.[SiH4]. The zero-order valence-corrected chi connectivity index (χ0v) is 10.2. The molecule has 3 nitrogen and oxygen atoms in total. The number of ether oxygens (including phenoxy) is 3. The summed E-state index contributed by atoms with van der Waals surface area (Å²) in [5.41, 5.74) is 0.889. The predicted octanol–water partition coefficient (Wildman–Crippen LogP) is 1.45. The topological polar surface area (TPSA) is 27.7 Å². The van der Waals surface area contributed by atoms with E-state index in [0.717, 1.165) is 5.56 Å². The summed E-state index contributed by atoms with van der Waals surface area (Å²) in [6, 6.07) is 9.74. The van der Waals surface area contributed by atoms with Crippen molar-refractivity contribution in [1.82, 2.24) is 0 Å². The van der Waals surface area contributed by atoms with Crippen LogP contribution in [-0.2, 0) is 20.2 Å². The average molecular weight is 256 g/mol. The molecule has 1 rings (SSSR count). The molecule has 17 heavy (non-hydrogen) atoms. The summed E-state index contributed by atoms with van der Waals surface area (Å²) in [6.07, 6.45) is 0. The third kappa shape index (κ3) is 4.24. The van der Waals surface area contributed by atoms with Crippen LogP contribution in [0.5, 0.6) is 0 Å². The molecule has 0 aliphatic rings. The Hall–Kier alpha value is -0.683. The summed E-state index contributed by atoms with van der Waals surface area (Å²) in [5.74, 6) is -1.06. The molecular formula is C13H24O3Si. The van der Waals surface area contributed by atoms with Crippen molar-refractivity contribution >= 4 is 11.0 Å². The van der Waals surface area contributed by atoms with Crippen molar-refractivity contribution < 1.29 is 14.2 Å². The molecule has 1 aromatic rings. The van der Waals surface area contributed by atoms with Gasteiger partial charge in [0.15, 0.2) is 0 Å². The molecule has 1 aromatic carbocycles. The Kier molecular flexibility index (Phi) is 8.08. The molecule has 0 N–H and O–H groups in total. The molecule has 0 saturated heterocycles. The molecule has 0 atom stereocenters. The molecule has 98 valence electrons. The van der Waals surface area contributed by atoms with Gasteiger partial charge in [-0.1, -0.05) is 30.3 Å². The highest BCUT2D eigenvalue weighted by atomic mass is 28.1. The largest absolute Gasteiger partial charge is 0.324 e. The minimum atomic E-state index is -1.06. The highest BCUT2D eigenvalue weighted by Crippen LogP contribution is 2.28. The zero-order chi connectivity index (χ0) is 11.9. The Labute approximate surface area is 108 Å². The minimum Gasteiger partial charge on any atom is -0.324 e. The van der Waals surface area contributed by atoms with E-state index in [1.807, 2.05) is 51.1 Å². The van der Waals surface area contributed by atoms with Crippen LogP contribution in [0.4, 0.5) is 0 Å². The third-order valence-electron chi connectivity index (χ3n) is 2.13. The van der Waals surface area contributed by atoms with E-state index in [1.54, 1.807) is 0 Å². The second-order valence-corrected chi connectivity index (χ2v) is 3.22. The van der Waals surface area contributed by atoms with E-state index in [-0.39, 0.29) is 11.0 Å². The molecule has 0 aromatic heterocycles. The third-order valence-corrected chi connectivity index (χ3v) is 2.13. The van der Waals surface area contributed by atoms with Crippen LogP contribution in [0, 0.1) is 0 Å². The van der Waals surface area contributed by atoms with Crippen molar-refractivity contribution in [3.63, 3.8) is 0 Å². The van der Waals surface area contributed by atoms with Crippen LogP contribution < -0.4 is 0 Å². The van der Waals surface area contributed by atoms with Gasteiger partial charge in [0, 0.05) is 25.4 Å². The van der Waals surface area contributed by atoms with Gasteiger partial charge in [0.2, 0.25) is 0 Å². The maximum absolute atomic E-state index is 5.65. The van der Waals surface area contributed by atoms with E-state index < -0.39 is 5.97 Å². The fourth-order valence-electron chi connectivity index (χ4n) is 1.59. The summed E-state index contributed by atoms with van der Waals surface area (Å²) in [5, 5.41) is 0. The molecule has 0 amide bonds. The molecule has 0 radical (unpaired) electrons. The van der Waals surface area contributed by atoms with Crippen molar-refractivity contribution in [1.29, 1.82) is 0 Å². The molecule has 0 bridgehead atoms. The van der Waals surface area contributed by atoms with Crippen molar-refractivity contribution in [3.8, 4) is 0 Å². The van der Waals surface area contributed by atoms with Crippen molar-refractivity contribution in [3.05, 3.63) is 35.9 Å². The van der Waals surface area contributed by atoms with Gasteiger partial charge in [-0.15, -0.1) is 0 Å². The highest BCUT2D eigenvalue weighted by Gasteiger charge is 2.34. The van der Waals surface area contributed by atoms with Gasteiger partial charge in [0.25, 0.3) is 0 Å². The Morgan fingerprint density at radius 1 is 0.824 bits per heavy atom. The normalized spacial score (nSPS) is 11.0. The van der Waals surface area contributed by atoms with Crippen LogP contribution in [0.1, 0.15) is 26.3 Å². The monoisotopic (exact) mass is 256 g/mol. The first kappa shape index (κ1) is 16.3. The fourth-order valence-corrected chi connectivity index (χ4v) is 1.59. The van der Waals surface area contributed by atoms with Gasteiger partial charge >= 0.3 is 5.97 Å². The Balaban J connectivity index is 0.00000256. The minimum absolute atomic E-state index is 0. The van der Waals surface area contributed by atoms with Crippen LogP contribution in [0.2, 0.25) is 0 Å². The van der Waals surface area contributed by atoms with Crippen molar-refractivity contribution in [2.45, 2.75) is 26.7 Å². The van der Waals surface area contributed by atoms with Crippen LogP contribution >= 0.6 is 0 Å². The Bertz CT molecular complexity index is 273. The molecule has 0 spiro atoms. The highest BCUT2D eigenvalue weighted by molar-refractivity contribution is 5.75. The Morgan fingerprint density at radius 3 is 1.59 bits per heavy atom. The lowest BCUT2D eigenvalue weighted by Gasteiger charge is -2.32. The van der Waals surface area contributed by atoms with Gasteiger partial charge in [0.05, 0.1) is 0 Å². The van der Waals surface area contributed by atoms with Crippen LogP contribution in [0.15, 0.2) is 30.3 Å². The van der Waals surface area contributed by atoms with E-state index in [4.69, 9.17) is 14.2 Å². The first-order chi connectivity index (χ1) is 7.79. The van der Waals surface area contributed by atoms with Gasteiger partial charge in [-0.2, -0.15) is 0 Å². The van der Waals surface area contributed by atoms with Gasteiger partial charge in [0.1, 0.15) is 0 Å². The number of hydrogen-bond donors (Lipinski definition) is 0. The molecule has 0 aliphatic carbocycles. The fraction of sp³-hybridized carbons (Fsp3) is 0.538. The number of benzene rings is 1. The van der Waals surface area contributed by atoms with Crippen molar-refractivity contribution in [2.75, 3.05) is 19.8 Å². The summed E-state index contributed by atoms with van der Waals surface area (Å²) >= 11 is 0. The number of rotatable bonds is 7. The van der Waals surface area contributed by atoms with E-state index in [0.29, 0.717) is 19.8 Å². The molecule has 0 unspecified atom stereocenters. The van der Waals surface area contributed by atoms with Crippen LogP contribution in [-0.4, -0.2) is 30.8 Å². The zero-order valence-electron chi connectivity index (χ0n) is 10.2. The molecule has 0 fully saturated rings. The molecule has 0 heterocycles. The van der Waals surface area contributed by atoms with Gasteiger partial charge in [-0.25, -0.2) is 0 Å². The van der Waals surface area contributed by atoms with E-state index >= 15 is 0 Å². The maximum Gasteiger partial charge on any atom is 0.311 e. The first-order valence-electron chi connectivity index (χ1n) is 5.76. The first-order valence-corrected chi connectivity index (χ1v) is 5.76. The molecule has 0 saturated carbocycles. The molecule has 0 aliphatic heterocycles. The summed E-state index contributed by atoms with van der Waals surface area (Å²) in [6.45, 7) is 7.39. The van der Waals surface area contributed by atoms with E-state index in [2.05, 4.69) is 0 Å². The molecule has 4 heteroatoms. The Morgan fingerprint density at radius 2 is 1.24 bits per heavy atom. The maximum atomic E-state index is 5.65. The van der Waals surface area contributed by atoms with Crippen LogP contribution in [0.25, 0.3) is 0 Å². The summed E-state index contributed by atoms with van der Waals surface area (Å²) in [4.78, 5) is 0. The lowest BCUT2D eigenvalue weighted by atomic mass is 10.2. The lowest BCUT2D eigenvalue weighted by Crippen LogP contribution is -2.36. The van der Waals surface area contributed by atoms with E-state index in [1.165, 1.54) is 0 Å². The standard InChI is InChI=1S/C13H20O3.H4Si/c1-4-14-13(15-5-2,16-6-3)12-10-8-7-9-11-12;/h7-11H,4-6H2,1-3H3;1H4. The van der Waals surface area contributed by atoms with E-state index in [9.17, 15) is 0 Å². The smallest absolute Gasteiger partial charge is 0.311 e. The quantitative estimate of drug-likeness (QED) is 0.546. The summed E-state index contributed by atoms with van der Waals surface area (Å²) < 4.78 is 17.0. The average Bonchev–Trinajstić information content (AvgIpc) is 2.31. The van der Waals surface area contributed by atoms with Crippen LogP contribution in [0.3, 0.4) is 0 Å². The number of hydrogen-bond acceptors (Lipinski definition) is 3. The van der Waals surface area contributed by atoms with Gasteiger partial charge < -0.3 is 14.2 Å². The molecular weight excluding hydrogens is 232 g/mol. The predicted molar refractivity (Wildman–Crippen MR) is 74.3 cm³/mol. The van der Waals surface area contributed by atoms with Gasteiger partial charge in [-0.05, 0) is 31.7 Å². The second kappa shape index (κ2) is 8.41. The van der Waals surface area contributed by atoms with Gasteiger partial charge in [-0.3, -0.25) is 0 Å². The summed E-state index contributed by atoms with van der Waals surface area (Å²) in [7, 11) is 0. The lowest BCUT2D eigenvalue weighted by molar-refractivity contribution is -0.389.